The van der Waals surface area contributed by atoms with Gasteiger partial charge in [-0.2, -0.15) is 0 Å². The van der Waals surface area contributed by atoms with Crippen molar-refractivity contribution in [2.75, 3.05) is 32.1 Å². The third kappa shape index (κ3) is 5.79. The molecule has 1 fully saturated rings. The zero-order chi connectivity index (χ0) is 19.1. The molecule has 0 radical (unpaired) electrons. The Morgan fingerprint density at radius 2 is 1.81 bits per heavy atom. The standard InChI is InChI=1S/C21H25FN2O2S/c1-16(23-20(25)15-27-19-9-7-18(22)8-10-19)21(17-5-3-2-4-6-17)24-11-13-26-14-12-24/h2-10,16,21H,11-15H2,1H3,(H,23,25)/p+1/t16-,21-/m1/s1. The van der Waals surface area contributed by atoms with Gasteiger partial charge in [0.15, 0.2) is 0 Å². The van der Waals surface area contributed by atoms with Crippen molar-refractivity contribution >= 4 is 17.7 Å². The number of halogens is 1. The highest BCUT2D eigenvalue weighted by molar-refractivity contribution is 8.00. The van der Waals surface area contributed by atoms with Crippen LogP contribution in [0.25, 0.3) is 0 Å². The van der Waals surface area contributed by atoms with Crippen LogP contribution >= 0.6 is 11.8 Å². The van der Waals surface area contributed by atoms with E-state index in [2.05, 4.69) is 24.4 Å². The van der Waals surface area contributed by atoms with Crippen LogP contribution in [0.1, 0.15) is 18.5 Å². The molecule has 0 bridgehead atoms. The summed E-state index contributed by atoms with van der Waals surface area (Å²) in [6.45, 7) is 5.44. The number of ether oxygens (including phenoxy) is 1. The van der Waals surface area contributed by atoms with Gasteiger partial charge in [-0.25, -0.2) is 4.39 Å². The van der Waals surface area contributed by atoms with Crippen molar-refractivity contribution in [2.24, 2.45) is 0 Å². The highest BCUT2D eigenvalue weighted by Gasteiger charge is 2.32. The van der Waals surface area contributed by atoms with E-state index >= 15 is 0 Å². The fourth-order valence-electron chi connectivity index (χ4n) is 3.54. The number of thioether (sulfide) groups is 1. The molecule has 1 heterocycles. The van der Waals surface area contributed by atoms with Gasteiger partial charge in [0.1, 0.15) is 24.9 Å². The first kappa shape index (κ1) is 19.9. The first-order chi connectivity index (χ1) is 13.1. The summed E-state index contributed by atoms with van der Waals surface area (Å²) in [7, 11) is 0. The molecule has 1 aliphatic rings. The summed E-state index contributed by atoms with van der Waals surface area (Å²) in [5, 5.41) is 3.16. The zero-order valence-corrected chi connectivity index (χ0v) is 16.3. The highest BCUT2D eigenvalue weighted by Crippen LogP contribution is 2.18. The van der Waals surface area contributed by atoms with Crippen LogP contribution in [-0.4, -0.2) is 44.0 Å². The van der Waals surface area contributed by atoms with Crippen molar-refractivity contribution in [1.29, 1.82) is 0 Å². The molecule has 0 saturated carbocycles. The second-order valence-electron chi connectivity index (χ2n) is 6.76. The maximum absolute atomic E-state index is 13.0. The zero-order valence-electron chi connectivity index (χ0n) is 15.5. The predicted molar refractivity (Wildman–Crippen MR) is 105 cm³/mol. The summed E-state index contributed by atoms with van der Waals surface area (Å²) >= 11 is 1.42. The van der Waals surface area contributed by atoms with Crippen LogP contribution in [0.2, 0.25) is 0 Å². The molecule has 6 heteroatoms. The number of benzene rings is 2. The number of hydrogen-bond acceptors (Lipinski definition) is 3. The second kappa shape index (κ2) is 9.88. The molecule has 0 unspecified atom stereocenters. The molecule has 2 atom stereocenters. The van der Waals surface area contributed by atoms with E-state index in [0.29, 0.717) is 5.75 Å². The number of carbonyl (C=O) groups is 1. The van der Waals surface area contributed by atoms with Crippen LogP contribution in [0.3, 0.4) is 0 Å². The Morgan fingerprint density at radius 1 is 1.15 bits per heavy atom. The Kier molecular flexibility index (Phi) is 7.26. The number of morpholine rings is 1. The lowest BCUT2D eigenvalue weighted by Gasteiger charge is -2.35. The van der Waals surface area contributed by atoms with Crippen LogP contribution < -0.4 is 10.2 Å². The molecule has 2 aromatic carbocycles. The number of quaternary nitrogens is 1. The molecule has 144 valence electrons. The molecule has 0 aromatic heterocycles. The molecule has 4 nitrogen and oxygen atoms in total. The summed E-state index contributed by atoms with van der Waals surface area (Å²) in [6.07, 6.45) is 0. The normalized spacial score (nSPS) is 17.3. The fraction of sp³-hybridized carbons (Fsp3) is 0.381. The minimum Gasteiger partial charge on any atom is -0.370 e. The molecule has 27 heavy (non-hydrogen) atoms. The van der Waals surface area contributed by atoms with Gasteiger partial charge in [0.05, 0.1) is 25.0 Å². The Hall–Kier alpha value is -1.89. The topological polar surface area (TPSA) is 42.8 Å². The van der Waals surface area contributed by atoms with Crippen molar-refractivity contribution < 1.29 is 18.8 Å². The Balaban J connectivity index is 1.61. The smallest absolute Gasteiger partial charge is 0.230 e. The Labute approximate surface area is 164 Å². The molecule has 2 N–H and O–H groups in total. The molecule has 2 aromatic rings. The lowest BCUT2D eigenvalue weighted by molar-refractivity contribution is -0.940. The van der Waals surface area contributed by atoms with Gasteiger partial charge >= 0.3 is 0 Å². The van der Waals surface area contributed by atoms with Gasteiger partial charge in [-0.3, -0.25) is 4.79 Å². The number of carbonyl (C=O) groups excluding carboxylic acids is 1. The third-order valence-corrected chi connectivity index (χ3v) is 5.82. The molecule has 0 spiro atoms. The lowest BCUT2D eigenvalue weighted by atomic mass is 9.98. The van der Waals surface area contributed by atoms with Crippen molar-refractivity contribution in [2.45, 2.75) is 23.9 Å². The first-order valence-corrected chi connectivity index (χ1v) is 10.3. The van der Waals surface area contributed by atoms with Gasteiger partial charge in [0, 0.05) is 10.5 Å². The monoisotopic (exact) mass is 389 g/mol. The van der Waals surface area contributed by atoms with Crippen molar-refractivity contribution in [3.8, 4) is 0 Å². The summed E-state index contributed by atoms with van der Waals surface area (Å²) < 4.78 is 18.5. The average molecular weight is 390 g/mol. The number of nitrogens with one attached hydrogen (secondary N) is 2. The van der Waals surface area contributed by atoms with Crippen molar-refractivity contribution in [3.05, 3.63) is 66.0 Å². The highest BCUT2D eigenvalue weighted by atomic mass is 32.2. The number of rotatable bonds is 7. The van der Waals surface area contributed by atoms with Crippen LogP contribution in [0.5, 0.6) is 0 Å². The van der Waals surface area contributed by atoms with E-state index in [1.54, 1.807) is 12.1 Å². The largest absolute Gasteiger partial charge is 0.370 e. The van der Waals surface area contributed by atoms with Crippen LogP contribution in [0.4, 0.5) is 4.39 Å². The Morgan fingerprint density at radius 3 is 2.48 bits per heavy atom. The summed E-state index contributed by atoms with van der Waals surface area (Å²) in [5.41, 5.74) is 1.23. The predicted octanol–water partition coefficient (Wildman–Crippen LogP) is 2.08. The molecule has 1 saturated heterocycles. The van der Waals surface area contributed by atoms with Gasteiger partial charge in [-0.15, -0.1) is 11.8 Å². The van der Waals surface area contributed by atoms with E-state index in [1.807, 2.05) is 18.2 Å². The minimum atomic E-state index is -0.267. The SMILES string of the molecule is C[C@@H](NC(=O)CSc1ccc(F)cc1)[C@H](c1ccccc1)[NH+]1CCOCC1. The lowest BCUT2D eigenvalue weighted by Crippen LogP contribution is -3.15. The molecule has 0 aliphatic carbocycles. The van der Waals surface area contributed by atoms with Crippen LogP contribution in [-0.2, 0) is 9.53 Å². The minimum absolute atomic E-state index is 0.00168. The summed E-state index contributed by atoms with van der Waals surface area (Å²) in [5.74, 6) is 0.0395. The van der Waals surface area contributed by atoms with Crippen LogP contribution in [0.15, 0.2) is 59.5 Å². The van der Waals surface area contributed by atoms with Crippen LogP contribution in [0, 0.1) is 5.82 Å². The first-order valence-electron chi connectivity index (χ1n) is 9.28. The van der Waals surface area contributed by atoms with Gasteiger partial charge in [-0.05, 0) is 31.2 Å². The maximum Gasteiger partial charge on any atom is 0.230 e. The molecule has 1 amide bonds. The summed E-state index contributed by atoms with van der Waals surface area (Å²) in [6, 6.07) is 16.8. The van der Waals surface area contributed by atoms with Crippen molar-refractivity contribution in [1.82, 2.24) is 5.32 Å². The van der Waals surface area contributed by atoms with E-state index in [9.17, 15) is 9.18 Å². The number of hydrogen-bond donors (Lipinski definition) is 2. The fourth-order valence-corrected chi connectivity index (χ4v) is 4.25. The van der Waals surface area contributed by atoms with Crippen molar-refractivity contribution in [3.63, 3.8) is 0 Å². The maximum atomic E-state index is 13.0. The van der Waals surface area contributed by atoms with E-state index in [0.717, 1.165) is 31.2 Å². The van der Waals surface area contributed by atoms with Gasteiger partial charge in [-0.1, -0.05) is 30.3 Å². The van der Waals surface area contributed by atoms with E-state index in [4.69, 9.17) is 4.74 Å². The third-order valence-electron chi connectivity index (χ3n) is 4.81. The average Bonchev–Trinajstić information content (AvgIpc) is 2.69. The quantitative estimate of drug-likeness (QED) is 0.713. The Bertz CT molecular complexity index is 721. The van der Waals surface area contributed by atoms with E-state index < -0.39 is 0 Å². The van der Waals surface area contributed by atoms with E-state index in [1.165, 1.54) is 34.4 Å². The van der Waals surface area contributed by atoms with Gasteiger partial charge < -0.3 is 15.0 Å². The molecule has 1 aliphatic heterocycles. The van der Waals surface area contributed by atoms with E-state index in [-0.39, 0.29) is 23.8 Å². The molecule has 3 rings (SSSR count). The van der Waals surface area contributed by atoms with Gasteiger partial charge in [0.25, 0.3) is 0 Å². The second-order valence-corrected chi connectivity index (χ2v) is 7.81. The van der Waals surface area contributed by atoms with Gasteiger partial charge in [0.2, 0.25) is 5.91 Å². The summed E-state index contributed by atoms with van der Waals surface area (Å²) in [4.78, 5) is 14.8. The number of amides is 1. The molecular formula is C21H26FN2O2S+. The molecular weight excluding hydrogens is 363 g/mol.